The van der Waals surface area contributed by atoms with Gasteiger partial charge < -0.3 is 18.9 Å². The zero-order chi connectivity index (χ0) is 14.1. The number of carbonyl (C=O) groups is 1. The molecule has 0 radical (unpaired) electrons. The molecule has 1 rings (SSSR count). The summed E-state index contributed by atoms with van der Waals surface area (Å²) in [6.07, 6.45) is 0.271. The molecular weight excluding hydrogens is 248 g/mol. The molecule has 0 spiro atoms. The maximum atomic E-state index is 11.0. The Labute approximate surface area is 113 Å². The van der Waals surface area contributed by atoms with E-state index >= 15 is 0 Å². The van der Waals surface area contributed by atoms with E-state index in [0.717, 1.165) is 6.29 Å². The van der Waals surface area contributed by atoms with Crippen molar-refractivity contribution in [2.24, 2.45) is 0 Å². The van der Waals surface area contributed by atoms with Gasteiger partial charge >= 0.3 is 0 Å². The number of hydrogen-bond acceptors (Lipinski definition) is 5. The first kappa shape index (κ1) is 15.5. The van der Waals surface area contributed by atoms with Gasteiger partial charge in [0.25, 0.3) is 0 Å². The molecule has 0 saturated heterocycles. The molecule has 0 unspecified atom stereocenters. The Kier molecular flexibility index (Phi) is 6.92. The monoisotopic (exact) mass is 268 g/mol. The summed E-state index contributed by atoms with van der Waals surface area (Å²) in [5, 5.41) is 0. The predicted molar refractivity (Wildman–Crippen MR) is 70.9 cm³/mol. The summed E-state index contributed by atoms with van der Waals surface area (Å²) in [6.45, 7) is 5.02. The highest BCUT2D eigenvalue weighted by atomic mass is 16.7. The summed E-state index contributed by atoms with van der Waals surface area (Å²) in [6, 6.07) is 5.14. The zero-order valence-corrected chi connectivity index (χ0v) is 11.5. The molecule has 19 heavy (non-hydrogen) atoms. The molecule has 0 heterocycles. The second-order valence-corrected chi connectivity index (χ2v) is 3.65. The van der Waals surface area contributed by atoms with Gasteiger partial charge in [-0.2, -0.15) is 0 Å². The Morgan fingerprint density at radius 1 is 1.21 bits per heavy atom. The molecule has 0 N–H and O–H groups in total. The Bertz CT molecular complexity index is 385. The van der Waals surface area contributed by atoms with Gasteiger partial charge in [-0.15, -0.1) is 0 Å². The summed E-state index contributed by atoms with van der Waals surface area (Å²) in [4.78, 5) is 11.0. The molecule has 0 aromatic heterocycles. The van der Waals surface area contributed by atoms with Crippen molar-refractivity contribution in [3.05, 3.63) is 23.8 Å². The minimum Gasteiger partial charge on any atom is -0.493 e. The minimum absolute atomic E-state index is 0.197. The fourth-order valence-electron chi connectivity index (χ4n) is 1.61. The molecule has 0 aliphatic carbocycles. The molecule has 106 valence electrons. The van der Waals surface area contributed by atoms with Crippen LogP contribution in [0.1, 0.15) is 24.2 Å². The van der Waals surface area contributed by atoms with E-state index in [-0.39, 0.29) is 6.61 Å². The second-order valence-electron chi connectivity index (χ2n) is 3.65. The van der Waals surface area contributed by atoms with Gasteiger partial charge in [-0.1, -0.05) is 6.07 Å². The summed E-state index contributed by atoms with van der Waals surface area (Å²) in [5.41, 5.74) is 0.436. The van der Waals surface area contributed by atoms with Gasteiger partial charge in [0.1, 0.15) is 6.61 Å². The maximum absolute atomic E-state index is 11.0. The van der Waals surface area contributed by atoms with Crippen molar-refractivity contribution in [3.63, 3.8) is 0 Å². The van der Waals surface area contributed by atoms with E-state index in [1.165, 1.54) is 7.11 Å². The van der Waals surface area contributed by atoms with Crippen molar-refractivity contribution in [3.8, 4) is 11.5 Å². The highest BCUT2D eigenvalue weighted by Gasteiger charge is 2.14. The van der Waals surface area contributed by atoms with Crippen LogP contribution in [0.5, 0.6) is 11.5 Å². The van der Waals surface area contributed by atoms with Crippen molar-refractivity contribution in [1.29, 1.82) is 0 Å². The van der Waals surface area contributed by atoms with E-state index in [9.17, 15) is 4.79 Å². The Hall–Kier alpha value is -1.59. The highest BCUT2D eigenvalue weighted by molar-refractivity contribution is 5.81. The number of methoxy groups -OCH3 is 1. The Morgan fingerprint density at radius 3 is 2.42 bits per heavy atom. The molecule has 0 bridgehead atoms. The van der Waals surface area contributed by atoms with E-state index in [2.05, 4.69) is 0 Å². The largest absolute Gasteiger partial charge is 0.493 e. The maximum Gasteiger partial charge on any atom is 0.191 e. The summed E-state index contributed by atoms with van der Waals surface area (Å²) >= 11 is 0. The summed E-state index contributed by atoms with van der Waals surface area (Å²) < 4.78 is 21.5. The Balaban J connectivity index is 2.77. The van der Waals surface area contributed by atoms with Crippen LogP contribution in [-0.4, -0.2) is 39.5 Å². The molecular formula is C14H20O5. The molecule has 5 nitrogen and oxygen atoms in total. The number of para-hydroxylation sites is 1. The van der Waals surface area contributed by atoms with E-state index in [0.29, 0.717) is 30.3 Å². The van der Waals surface area contributed by atoms with Crippen LogP contribution in [0.3, 0.4) is 0 Å². The molecule has 0 saturated carbocycles. The lowest BCUT2D eigenvalue weighted by atomic mass is 10.2. The lowest BCUT2D eigenvalue weighted by Crippen LogP contribution is -2.25. The number of carbonyl (C=O) groups excluding carboxylic acids is 1. The quantitative estimate of drug-likeness (QED) is 0.508. The first-order valence-corrected chi connectivity index (χ1v) is 6.24. The third-order valence-electron chi connectivity index (χ3n) is 2.43. The number of ether oxygens (including phenoxy) is 4. The van der Waals surface area contributed by atoms with Crippen LogP contribution in [0.2, 0.25) is 0 Å². The lowest BCUT2D eigenvalue weighted by Gasteiger charge is -2.19. The molecule has 0 amide bonds. The van der Waals surface area contributed by atoms with E-state index in [1.807, 2.05) is 13.8 Å². The van der Waals surface area contributed by atoms with E-state index in [4.69, 9.17) is 18.9 Å². The van der Waals surface area contributed by atoms with Crippen molar-refractivity contribution < 1.29 is 23.7 Å². The molecule has 0 aliphatic heterocycles. The normalized spacial score (nSPS) is 10.5. The van der Waals surface area contributed by atoms with E-state index < -0.39 is 6.29 Å². The SMILES string of the molecule is CCOC(COc1c(C=O)cccc1OC)OCC. The van der Waals surface area contributed by atoms with Crippen molar-refractivity contribution >= 4 is 6.29 Å². The zero-order valence-electron chi connectivity index (χ0n) is 11.5. The standard InChI is InChI=1S/C14H20O5/c1-4-17-13(18-5-2)10-19-14-11(9-15)7-6-8-12(14)16-3/h6-9,13H,4-5,10H2,1-3H3. The average Bonchev–Trinajstić information content (AvgIpc) is 2.44. The number of aldehydes is 1. The third kappa shape index (κ3) is 4.54. The third-order valence-corrected chi connectivity index (χ3v) is 2.43. The van der Waals surface area contributed by atoms with Gasteiger partial charge in [-0.3, -0.25) is 4.79 Å². The first-order chi connectivity index (χ1) is 9.26. The minimum atomic E-state index is -0.459. The van der Waals surface area contributed by atoms with Crippen LogP contribution < -0.4 is 9.47 Å². The van der Waals surface area contributed by atoms with Crippen LogP contribution in [-0.2, 0) is 9.47 Å². The first-order valence-electron chi connectivity index (χ1n) is 6.24. The van der Waals surface area contributed by atoms with Crippen molar-refractivity contribution in [1.82, 2.24) is 0 Å². The number of rotatable bonds is 9. The van der Waals surface area contributed by atoms with Gasteiger partial charge in [0, 0.05) is 13.2 Å². The topological polar surface area (TPSA) is 54.0 Å². The Morgan fingerprint density at radius 2 is 1.89 bits per heavy atom. The highest BCUT2D eigenvalue weighted by Crippen LogP contribution is 2.30. The predicted octanol–water partition coefficient (Wildman–Crippen LogP) is 2.29. The van der Waals surface area contributed by atoms with Crippen LogP contribution in [0.15, 0.2) is 18.2 Å². The van der Waals surface area contributed by atoms with Crippen LogP contribution >= 0.6 is 0 Å². The van der Waals surface area contributed by atoms with Gasteiger partial charge in [0.2, 0.25) is 0 Å². The molecule has 1 aromatic carbocycles. The van der Waals surface area contributed by atoms with Gasteiger partial charge in [-0.05, 0) is 26.0 Å². The van der Waals surface area contributed by atoms with Crippen LogP contribution in [0.4, 0.5) is 0 Å². The van der Waals surface area contributed by atoms with Gasteiger partial charge in [-0.25, -0.2) is 0 Å². The van der Waals surface area contributed by atoms with E-state index in [1.54, 1.807) is 18.2 Å². The van der Waals surface area contributed by atoms with Gasteiger partial charge in [0.15, 0.2) is 24.1 Å². The fourth-order valence-corrected chi connectivity index (χ4v) is 1.61. The number of benzene rings is 1. The average molecular weight is 268 g/mol. The summed E-state index contributed by atoms with van der Waals surface area (Å²) in [5.74, 6) is 0.917. The molecule has 0 fully saturated rings. The molecule has 0 atom stereocenters. The molecule has 0 aliphatic rings. The smallest absolute Gasteiger partial charge is 0.191 e. The lowest BCUT2D eigenvalue weighted by molar-refractivity contribution is -0.152. The van der Waals surface area contributed by atoms with Crippen molar-refractivity contribution in [2.75, 3.05) is 26.9 Å². The van der Waals surface area contributed by atoms with Crippen LogP contribution in [0.25, 0.3) is 0 Å². The fraction of sp³-hybridized carbons (Fsp3) is 0.500. The van der Waals surface area contributed by atoms with Crippen LogP contribution in [0, 0.1) is 0 Å². The molecule has 5 heteroatoms. The second kappa shape index (κ2) is 8.50. The van der Waals surface area contributed by atoms with Gasteiger partial charge in [0.05, 0.1) is 12.7 Å². The summed E-state index contributed by atoms with van der Waals surface area (Å²) in [7, 11) is 1.53. The van der Waals surface area contributed by atoms with Crippen molar-refractivity contribution in [2.45, 2.75) is 20.1 Å². The number of hydrogen-bond donors (Lipinski definition) is 0. The molecule has 1 aromatic rings.